The number of rotatable bonds is 8. The Morgan fingerprint density at radius 2 is 1.91 bits per heavy atom. The minimum Gasteiger partial charge on any atom is -0.378 e. The van der Waals surface area contributed by atoms with Crippen molar-refractivity contribution in [3.8, 4) is 5.69 Å². The predicted octanol–water partition coefficient (Wildman–Crippen LogP) is 3.17. The molecule has 3 aromatic rings. The van der Waals surface area contributed by atoms with Crippen LogP contribution in [0.4, 0.5) is 5.95 Å². The Kier molecular flexibility index (Phi) is 7.44. The molecule has 0 spiro atoms. The van der Waals surface area contributed by atoms with Crippen LogP contribution in [-0.2, 0) is 16.0 Å². The highest BCUT2D eigenvalue weighted by Gasteiger charge is 2.22. The van der Waals surface area contributed by atoms with Gasteiger partial charge in [0.15, 0.2) is 5.16 Å². The lowest BCUT2D eigenvalue weighted by atomic mass is 10.1. The summed E-state index contributed by atoms with van der Waals surface area (Å²) in [7, 11) is 0. The predicted molar refractivity (Wildman–Crippen MR) is 128 cm³/mol. The van der Waals surface area contributed by atoms with Gasteiger partial charge in [0.2, 0.25) is 11.9 Å². The molecule has 0 saturated carbocycles. The third-order valence-corrected chi connectivity index (χ3v) is 6.41. The number of morpholine rings is 1. The number of carbonyl (C=O) groups is 1. The molecule has 32 heavy (non-hydrogen) atoms. The number of ether oxygens (including phenoxy) is 1. The van der Waals surface area contributed by atoms with Gasteiger partial charge in [-0.05, 0) is 49.1 Å². The first kappa shape index (κ1) is 22.4. The van der Waals surface area contributed by atoms with E-state index in [1.165, 1.54) is 22.9 Å². The van der Waals surface area contributed by atoms with Gasteiger partial charge < -0.3 is 15.0 Å². The average Bonchev–Trinajstić information content (AvgIpc) is 3.24. The highest BCUT2D eigenvalue weighted by molar-refractivity contribution is 7.99. The lowest BCUT2D eigenvalue weighted by Crippen LogP contribution is -2.37. The van der Waals surface area contributed by atoms with Gasteiger partial charge in [-0.15, -0.1) is 10.2 Å². The number of aryl methyl sites for hydroxylation is 2. The molecule has 0 aliphatic carbocycles. The Balaban J connectivity index is 1.43. The first-order valence-corrected chi connectivity index (χ1v) is 11.9. The number of thioether (sulfide) groups is 1. The molecule has 168 valence electrons. The van der Waals surface area contributed by atoms with Gasteiger partial charge in [0.05, 0.1) is 24.7 Å². The van der Waals surface area contributed by atoms with E-state index in [1.54, 1.807) is 0 Å². The second-order valence-corrected chi connectivity index (χ2v) is 8.81. The first-order chi connectivity index (χ1) is 15.6. The molecule has 1 aliphatic rings. The molecule has 0 unspecified atom stereocenters. The molecule has 8 heteroatoms. The Labute approximate surface area is 193 Å². The molecule has 2 heterocycles. The molecular weight excluding hydrogens is 422 g/mol. The molecule has 4 rings (SSSR count). The quantitative estimate of drug-likeness (QED) is 0.531. The van der Waals surface area contributed by atoms with Crippen molar-refractivity contribution >= 4 is 23.6 Å². The van der Waals surface area contributed by atoms with Gasteiger partial charge in [-0.3, -0.25) is 9.36 Å². The number of aromatic nitrogens is 3. The largest absolute Gasteiger partial charge is 0.378 e. The van der Waals surface area contributed by atoms with Crippen LogP contribution in [0.5, 0.6) is 0 Å². The Morgan fingerprint density at radius 3 is 2.69 bits per heavy atom. The molecule has 0 bridgehead atoms. The number of anilines is 1. The fourth-order valence-electron chi connectivity index (χ4n) is 3.73. The Hall–Kier alpha value is -2.84. The van der Waals surface area contributed by atoms with Crippen LogP contribution in [0.2, 0.25) is 0 Å². The summed E-state index contributed by atoms with van der Waals surface area (Å²) in [6.07, 6.45) is 0.823. The van der Waals surface area contributed by atoms with E-state index in [4.69, 9.17) is 4.74 Å². The number of amides is 1. The molecule has 0 radical (unpaired) electrons. The van der Waals surface area contributed by atoms with Crippen molar-refractivity contribution in [2.45, 2.75) is 25.4 Å². The van der Waals surface area contributed by atoms with Crippen LogP contribution in [0.15, 0.2) is 53.7 Å². The summed E-state index contributed by atoms with van der Waals surface area (Å²) in [5.74, 6) is 1.08. The Bertz CT molecular complexity index is 1060. The van der Waals surface area contributed by atoms with Crippen molar-refractivity contribution in [2.24, 2.45) is 0 Å². The molecule has 7 nitrogen and oxygen atoms in total. The van der Waals surface area contributed by atoms with Crippen LogP contribution in [0, 0.1) is 13.8 Å². The maximum atomic E-state index is 12.5. The second kappa shape index (κ2) is 10.7. The Morgan fingerprint density at radius 1 is 1.09 bits per heavy atom. The summed E-state index contributed by atoms with van der Waals surface area (Å²) in [5, 5.41) is 12.6. The smallest absolute Gasteiger partial charge is 0.232 e. The van der Waals surface area contributed by atoms with E-state index in [0.29, 0.717) is 30.7 Å². The van der Waals surface area contributed by atoms with Gasteiger partial charge in [-0.1, -0.05) is 48.2 Å². The molecular formula is C24H29N5O2S. The second-order valence-electron chi connectivity index (χ2n) is 7.87. The van der Waals surface area contributed by atoms with Gasteiger partial charge in [-0.25, -0.2) is 0 Å². The van der Waals surface area contributed by atoms with E-state index >= 15 is 0 Å². The van der Waals surface area contributed by atoms with Crippen LogP contribution in [-0.4, -0.2) is 59.3 Å². The third kappa shape index (κ3) is 5.49. The summed E-state index contributed by atoms with van der Waals surface area (Å²) < 4.78 is 7.54. The fraction of sp³-hybridized carbons (Fsp3) is 0.375. The van der Waals surface area contributed by atoms with Crippen LogP contribution >= 0.6 is 11.8 Å². The van der Waals surface area contributed by atoms with Crippen molar-refractivity contribution < 1.29 is 9.53 Å². The van der Waals surface area contributed by atoms with Gasteiger partial charge in [0, 0.05) is 19.6 Å². The average molecular weight is 452 g/mol. The minimum atomic E-state index is -0.00435. The molecule has 1 fully saturated rings. The zero-order chi connectivity index (χ0) is 22.3. The molecule has 0 atom stereocenters. The van der Waals surface area contributed by atoms with Crippen LogP contribution in [0.1, 0.15) is 16.7 Å². The summed E-state index contributed by atoms with van der Waals surface area (Å²) in [6, 6.07) is 16.5. The monoisotopic (exact) mass is 451 g/mol. The number of benzene rings is 2. The van der Waals surface area contributed by atoms with Crippen LogP contribution < -0.4 is 10.2 Å². The van der Waals surface area contributed by atoms with Gasteiger partial charge in [0.1, 0.15) is 0 Å². The normalized spacial score (nSPS) is 13.9. The summed E-state index contributed by atoms with van der Waals surface area (Å²) in [6.45, 7) is 7.67. The number of nitrogens with one attached hydrogen (secondary N) is 1. The van der Waals surface area contributed by atoms with E-state index in [-0.39, 0.29) is 5.91 Å². The fourth-order valence-corrected chi connectivity index (χ4v) is 4.50. The van der Waals surface area contributed by atoms with Crippen molar-refractivity contribution in [3.05, 3.63) is 65.2 Å². The molecule has 1 aromatic heterocycles. The van der Waals surface area contributed by atoms with Gasteiger partial charge >= 0.3 is 0 Å². The highest BCUT2D eigenvalue weighted by atomic mass is 32.2. The maximum absolute atomic E-state index is 12.5. The number of nitrogens with zero attached hydrogens (tertiary/aromatic N) is 4. The standard InChI is InChI=1S/C24H29N5O2S/c1-18-6-5-9-21(16-18)29-23(28-12-14-31-15-13-28)26-27-24(29)32-17-22(30)25-11-10-20-8-4-3-7-19(20)2/h3-9,16H,10-15,17H2,1-2H3,(H,25,30). The van der Waals surface area contributed by atoms with E-state index in [9.17, 15) is 4.79 Å². The molecule has 1 N–H and O–H groups in total. The van der Waals surface area contributed by atoms with E-state index in [2.05, 4.69) is 58.5 Å². The lowest BCUT2D eigenvalue weighted by molar-refractivity contribution is -0.118. The van der Waals surface area contributed by atoms with Crippen molar-refractivity contribution in [2.75, 3.05) is 43.5 Å². The first-order valence-electron chi connectivity index (χ1n) is 10.9. The highest BCUT2D eigenvalue weighted by Crippen LogP contribution is 2.27. The summed E-state index contributed by atoms with van der Waals surface area (Å²) in [4.78, 5) is 14.7. The van der Waals surface area contributed by atoms with Crippen molar-refractivity contribution in [1.82, 2.24) is 20.1 Å². The van der Waals surface area contributed by atoms with Crippen molar-refractivity contribution in [3.63, 3.8) is 0 Å². The van der Waals surface area contributed by atoms with Crippen molar-refractivity contribution in [1.29, 1.82) is 0 Å². The summed E-state index contributed by atoms with van der Waals surface area (Å²) in [5.41, 5.74) is 4.67. The maximum Gasteiger partial charge on any atom is 0.232 e. The molecule has 2 aromatic carbocycles. The molecule has 1 amide bonds. The summed E-state index contributed by atoms with van der Waals surface area (Å²) >= 11 is 1.41. The zero-order valence-electron chi connectivity index (χ0n) is 18.6. The van der Waals surface area contributed by atoms with Gasteiger partial charge in [-0.2, -0.15) is 0 Å². The van der Waals surface area contributed by atoms with Crippen LogP contribution in [0.25, 0.3) is 5.69 Å². The third-order valence-electron chi connectivity index (χ3n) is 5.48. The molecule has 1 aliphatic heterocycles. The van der Waals surface area contributed by atoms with E-state index in [0.717, 1.165) is 36.7 Å². The zero-order valence-corrected chi connectivity index (χ0v) is 19.4. The lowest BCUT2D eigenvalue weighted by Gasteiger charge is -2.28. The topological polar surface area (TPSA) is 72.3 Å². The molecule has 1 saturated heterocycles. The minimum absolute atomic E-state index is 0.00435. The number of carbonyl (C=O) groups excluding carboxylic acids is 1. The SMILES string of the molecule is Cc1cccc(-n2c(SCC(=O)NCCc3ccccc3C)nnc2N2CCOCC2)c1. The number of hydrogen-bond donors (Lipinski definition) is 1. The van der Waals surface area contributed by atoms with E-state index < -0.39 is 0 Å². The van der Waals surface area contributed by atoms with E-state index in [1.807, 2.05) is 28.8 Å². The van der Waals surface area contributed by atoms with Crippen LogP contribution in [0.3, 0.4) is 0 Å². The number of hydrogen-bond acceptors (Lipinski definition) is 6. The van der Waals surface area contributed by atoms with Gasteiger partial charge in [0.25, 0.3) is 0 Å².